The standard InChI is InChI=1S/C12H17N3O3/c1-7-3-11(16)15(5-7)6-9-4-10(12(17)14-13)18-8(9)2/h4,7H,3,5-6,13H2,1-2H3,(H,14,17). The van der Waals surface area contributed by atoms with E-state index < -0.39 is 5.91 Å². The van der Waals surface area contributed by atoms with E-state index >= 15 is 0 Å². The number of nitrogen functional groups attached to an aromatic ring is 1. The summed E-state index contributed by atoms with van der Waals surface area (Å²) < 4.78 is 5.31. The van der Waals surface area contributed by atoms with Gasteiger partial charge in [0.2, 0.25) is 5.91 Å². The maximum atomic E-state index is 11.7. The van der Waals surface area contributed by atoms with E-state index in [1.54, 1.807) is 17.9 Å². The van der Waals surface area contributed by atoms with Gasteiger partial charge in [0.15, 0.2) is 5.76 Å². The Morgan fingerprint density at radius 2 is 2.39 bits per heavy atom. The fraction of sp³-hybridized carbons (Fsp3) is 0.500. The highest BCUT2D eigenvalue weighted by molar-refractivity contribution is 5.91. The van der Waals surface area contributed by atoms with Gasteiger partial charge in [0.1, 0.15) is 5.76 Å². The SMILES string of the molecule is Cc1oc(C(=O)NN)cc1CN1CC(C)CC1=O. The van der Waals surface area contributed by atoms with Crippen LogP contribution >= 0.6 is 0 Å². The predicted molar refractivity (Wildman–Crippen MR) is 64.3 cm³/mol. The van der Waals surface area contributed by atoms with Crippen LogP contribution in [0.2, 0.25) is 0 Å². The Bertz CT molecular complexity index is 481. The van der Waals surface area contributed by atoms with Gasteiger partial charge < -0.3 is 9.32 Å². The molecule has 2 amide bonds. The smallest absolute Gasteiger partial charge is 0.300 e. The van der Waals surface area contributed by atoms with E-state index in [1.165, 1.54) is 0 Å². The fourth-order valence-corrected chi connectivity index (χ4v) is 2.19. The second-order valence-corrected chi connectivity index (χ2v) is 4.75. The summed E-state index contributed by atoms with van der Waals surface area (Å²) in [5, 5.41) is 0. The zero-order chi connectivity index (χ0) is 13.3. The van der Waals surface area contributed by atoms with Crippen molar-refractivity contribution in [2.24, 2.45) is 11.8 Å². The Kier molecular flexibility index (Phi) is 3.38. The average molecular weight is 251 g/mol. The molecule has 18 heavy (non-hydrogen) atoms. The Labute approximate surface area is 105 Å². The van der Waals surface area contributed by atoms with Crippen LogP contribution < -0.4 is 11.3 Å². The molecule has 6 heteroatoms. The lowest BCUT2D eigenvalue weighted by molar-refractivity contribution is -0.128. The molecule has 0 aliphatic carbocycles. The number of rotatable bonds is 3. The summed E-state index contributed by atoms with van der Waals surface area (Å²) in [5.74, 6) is 5.92. The van der Waals surface area contributed by atoms with Crippen LogP contribution in [0.25, 0.3) is 0 Å². The number of nitrogens with zero attached hydrogens (tertiary/aromatic N) is 1. The minimum atomic E-state index is -0.467. The van der Waals surface area contributed by atoms with Gasteiger partial charge in [0, 0.05) is 25.1 Å². The summed E-state index contributed by atoms with van der Waals surface area (Å²) in [6.07, 6.45) is 0.590. The van der Waals surface area contributed by atoms with Gasteiger partial charge >= 0.3 is 5.91 Å². The molecule has 6 nitrogen and oxygen atoms in total. The van der Waals surface area contributed by atoms with Crippen molar-refractivity contribution in [1.29, 1.82) is 0 Å². The lowest BCUT2D eigenvalue weighted by Gasteiger charge is -2.15. The zero-order valence-electron chi connectivity index (χ0n) is 10.5. The van der Waals surface area contributed by atoms with E-state index in [0.717, 1.165) is 12.1 Å². The Morgan fingerprint density at radius 3 is 2.94 bits per heavy atom. The van der Waals surface area contributed by atoms with E-state index in [2.05, 4.69) is 0 Å². The number of hydrogen-bond acceptors (Lipinski definition) is 4. The van der Waals surface area contributed by atoms with Crippen molar-refractivity contribution < 1.29 is 14.0 Å². The summed E-state index contributed by atoms with van der Waals surface area (Å²) in [4.78, 5) is 24.8. The summed E-state index contributed by atoms with van der Waals surface area (Å²) in [7, 11) is 0. The molecule has 1 aromatic heterocycles. The highest BCUT2D eigenvalue weighted by Crippen LogP contribution is 2.22. The number of carbonyl (C=O) groups excluding carboxylic acids is 2. The molecule has 0 bridgehead atoms. The quantitative estimate of drug-likeness (QED) is 0.466. The van der Waals surface area contributed by atoms with E-state index in [-0.39, 0.29) is 11.7 Å². The largest absolute Gasteiger partial charge is 0.456 e. The van der Waals surface area contributed by atoms with Crippen LogP contribution in [0.3, 0.4) is 0 Å². The number of furan rings is 1. The number of nitrogens with one attached hydrogen (secondary N) is 1. The first-order valence-electron chi connectivity index (χ1n) is 5.89. The number of amides is 2. The third-order valence-corrected chi connectivity index (χ3v) is 3.14. The second-order valence-electron chi connectivity index (χ2n) is 4.75. The molecule has 2 heterocycles. The zero-order valence-corrected chi connectivity index (χ0v) is 10.5. The fourth-order valence-electron chi connectivity index (χ4n) is 2.19. The molecule has 1 aromatic rings. The number of aryl methyl sites for hydroxylation is 1. The third-order valence-electron chi connectivity index (χ3n) is 3.14. The van der Waals surface area contributed by atoms with Crippen molar-refractivity contribution in [2.45, 2.75) is 26.8 Å². The summed E-state index contributed by atoms with van der Waals surface area (Å²) in [6, 6.07) is 1.63. The maximum Gasteiger partial charge on any atom is 0.300 e. The van der Waals surface area contributed by atoms with Crippen molar-refractivity contribution in [3.63, 3.8) is 0 Å². The third kappa shape index (κ3) is 2.38. The van der Waals surface area contributed by atoms with Gasteiger partial charge in [-0.2, -0.15) is 0 Å². The highest BCUT2D eigenvalue weighted by Gasteiger charge is 2.27. The molecule has 0 aromatic carbocycles. The van der Waals surface area contributed by atoms with Gasteiger partial charge in [0.25, 0.3) is 0 Å². The Hall–Kier alpha value is -1.82. The molecule has 1 unspecified atom stereocenters. The van der Waals surface area contributed by atoms with Crippen LogP contribution in [0.15, 0.2) is 10.5 Å². The van der Waals surface area contributed by atoms with E-state index in [1.807, 2.05) is 12.3 Å². The van der Waals surface area contributed by atoms with Crippen LogP contribution in [-0.4, -0.2) is 23.3 Å². The first-order valence-corrected chi connectivity index (χ1v) is 5.89. The van der Waals surface area contributed by atoms with Gasteiger partial charge in [-0.15, -0.1) is 0 Å². The molecule has 98 valence electrons. The Morgan fingerprint density at radius 1 is 1.67 bits per heavy atom. The van der Waals surface area contributed by atoms with Gasteiger partial charge in [-0.1, -0.05) is 6.92 Å². The molecule has 1 aliphatic rings. The first-order chi connectivity index (χ1) is 8.51. The van der Waals surface area contributed by atoms with Crippen LogP contribution in [0.5, 0.6) is 0 Å². The molecule has 3 N–H and O–H groups in total. The normalized spacial score (nSPS) is 19.4. The number of hydrazine groups is 1. The molecule has 0 radical (unpaired) electrons. The van der Waals surface area contributed by atoms with Crippen molar-refractivity contribution in [1.82, 2.24) is 10.3 Å². The lowest BCUT2D eigenvalue weighted by Crippen LogP contribution is -2.29. The van der Waals surface area contributed by atoms with Gasteiger partial charge in [-0.05, 0) is 18.9 Å². The van der Waals surface area contributed by atoms with Crippen LogP contribution in [-0.2, 0) is 11.3 Å². The Balaban J connectivity index is 2.12. The van der Waals surface area contributed by atoms with E-state index in [0.29, 0.717) is 24.6 Å². The first kappa shape index (κ1) is 12.6. The van der Waals surface area contributed by atoms with Crippen molar-refractivity contribution >= 4 is 11.8 Å². The molecule has 1 atom stereocenters. The second kappa shape index (κ2) is 4.81. The molecule has 0 spiro atoms. The van der Waals surface area contributed by atoms with Crippen molar-refractivity contribution in [3.8, 4) is 0 Å². The van der Waals surface area contributed by atoms with E-state index in [9.17, 15) is 9.59 Å². The highest BCUT2D eigenvalue weighted by atomic mass is 16.4. The van der Waals surface area contributed by atoms with Gasteiger partial charge in [-0.25, -0.2) is 5.84 Å². The molecule has 2 rings (SSSR count). The summed E-state index contributed by atoms with van der Waals surface area (Å²) in [5.41, 5.74) is 2.86. The van der Waals surface area contributed by atoms with Gasteiger partial charge in [0.05, 0.1) is 0 Å². The maximum absolute atomic E-state index is 11.7. The number of carbonyl (C=O) groups is 2. The predicted octanol–water partition coefficient (Wildman–Crippen LogP) is 0.560. The molecule has 0 saturated carbocycles. The monoisotopic (exact) mass is 251 g/mol. The van der Waals surface area contributed by atoms with Crippen LogP contribution in [0.4, 0.5) is 0 Å². The van der Waals surface area contributed by atoms with Gasteiger partial charge in [-0.3, -0.25) is 15.0 Å². The van der Waals surface area contributed by atoms with Crippen LogP contribution in [0, 0.1) is 12.8 Å². The van der Waals surface area contributed by atoms with Crippen molar-refractivity contribution in [2.75, 3.05) is 6.54 Å². The average Bonchev–Trinajstić information content (AvgIpc) is 2.83. The van der Waals surface area contributed by atoms with Crippen molar-refractivity contribution in [3.05, 3.63) is 23.2 Å². The number of hydrogen-bond donors (Lipinski definition) is 2. The minimum Gasteiger partial charge on any atom is -0.456 e. The summed E-state index contributed by atoms with van der Waals surface area (Å²) in [6.45, 7) is 5.05. The molecule has 1 aliphatic heterocycles. The number of likely N-dealkylation sites (tertiary alicyclic amines) is 1. The lowest BCUT2D eigenvalue weighted by atomic mass is 10.2. The topological polar surface area (TPSA) is 88.6 Å². The summed E-state index contributed by atoms with van der Waals surface area (Å²) >= 11 is 0. The molecular formula is C12H17N3O3. The molecule has 1 saturated heterocycles. The molecular weight excluding hydrogens is 234 g/mol. The van der Waals surface area contributed by atoms with Crippen LogP contribution in [0.1, 0.15) is 35.2 Å². The minimum absolute atomic E-state index is 0.146. The number of nitrogens with two attached hydrogens (primary N) is 1. The molecule has 1 fully saturated rings. The van der Waals surface area contributed by atoms with E-state index in [4.69, 9.17) is 10.3 Å².